The van der Waals surface area contributed by atoms with Crippen molar-refractivity contribution in [2.24, 2.45) is 4.99 Å². The predicted molar refractivity (Wildman–Crippen MR) is 153 cm³/mol. The average molecular weight is 560 g/mol. The summed E-state index contributed by atoms with van der Waals surface area (Å²) < 4.78 is 28.5. The maximum Gasteiger partial charge on any atom is 0.338 e. The van der Waals surface area contributed by atoms with Crippen molar-refractivity contribution in [3.63, 3.8) is 0 Å². The van der Waals surface area contributed by atoms with Crippen LogP contribution in [0.2, 0.25) is 0 Å². The van der Waals surface area contributed by atoms with Gasteiger partial charge in [-0.1, -0.05) is 23.5 Å². The Morgan fingerprint density at radius 1 is 1.07 bits per heavy atom. The summed E-state index contributed by atoms with van der Waals surface area (Å²) in [5.74, 6) is -0.139. The lowest BCUT2D eigenvalue weighted by Crippen LogP contribution is -2.40. The van der Waals surface area contributed by atoms with Crippen LogP contribution in [0, 0.1) is 19.7 Å². The van der Waals surface area contributed by atoms with Crippen molar-refractivity contribution in [3.8, 4) is 11.4 Å². The van der Waals surface area contributed by atoms with Gasteiger partial charge < -0.3 is 14.0 Å². The number of hydrogen-bond acceptors (Lipinski definition) is 6. The molecule has 0 amide bonds. The first kappa shape index (κ1) is 27.3. The van der Waals surface area contributed by atoms with Crippen molar-refractivity contribution in [1.82, 2.24) is 9.13 Å². The molecule has 2 aromatic carbocycles. The molecule has 0 radical (unpaired) electrons. The van der Waals surface area contributed by atoms with Crippen LogP contribution in [-0.2, 0) is 9.53 Å². The number of hydrogen-bond donors (Lipinski definition) is 0. The van der Waals surface area contributed by atoms with Crippen LogP contribution in [-0.4, -0.2) is 28.3 Å². The van der Waals surface area contributed by atoms with Crippen molar-refractivity contribution in [3.05, 3.63) is 114 Å². The number of benzene rings is 2. The number of aromatic nitrogens is 2. The quantitative estimate of drug-likeness (QED) is 0.320. The van der Waals surface area contributed by atoms with Crippen LogP contribution < -0.4 is 19.6 Å². The Kier molecular flexibility index (Phi) is 7.33. The van der Waals surface area contributed by atoms with Gasteiger partial charge in [-0.25, -0.2) is 14.2 Å². The predicted octanol–water partition coefficient (Wildman–Crippen LogP) is 4.74. The molecular weight excluding hydrogens is 529 g/mol. The highest BCUT2D eigenvalue weighted by Gasteiger charge is 2.33. The van der Waals surface area contributed by atoms with Gasteiger partial charge in [0.2, 0.25) is 0 Å². The minimum absolute atomic E-state index is 0.251. The molecule has 0 bridgehead atoms. The van der Waals surface area contributed by atoms with Gasteiger partial charge in [-0.15, -0.1) is 0 Å². The third-order valence-electron chi connectivity index (χ3n) is 6.86. The highest BCUT2D eigenvalue weighted by Crippen LogP contribution is 2.32. The van der Waals surface area contributed by atoms with E-state index in [2.05, 4.69) is 4.99 Å². The van der Waals surface area contributed by atoms with Crippen LogP contribution in [0.3, 0.4) is 0 Å². The average Bonchev–Trinajstić information content (AvgIpc) is 3.37. The second-order valence-corrected chi connectivity index (χ2v) is 11.0. The number of carbonyl (C=O) groups excluding carboxylic acids is 1. The van der Waals surface area contributed by atoms with E-state index in [1.165, 1.54) is 23.5 Å². The molecule has 2 aromatic heterocycles. The second kappa shape index (κ2) is 10.7. The molecule has 5 rings (SSSR count). The summed E-state index contributed by atoms with van der Waals surface area (Å²) in [6.45, 7) is 9.26. The van der Waals surface area contributed by atoms with Crippen molar-refractivity contribution < 1.29 is 18.7 Å². The number of aryl methyl sites for hydroxylation is 1. The molecule has 1 aliphatic rings. The molecule has 9 heteroatoms. The van der Waals surface area contributed by atoms with E-state index in [4.69, 9.17) is 9.47 Å². The Bertz CT molecular complexity index is 1810. The van der Waals surface area contributed by atoms with Gasteiger partial charge in [0.15, 0.2) is 4.80 Å². The zero-order chi connectivity index (χ0) is 28.7. The number of carbonyl (C=O) groups is 1. The summed E-state index contributed by atoms with van der Waals surface area (Å²) in [4.78, 5) is 32.4. The van der Waals surface area contributed by atoms with Gasteiger partial charge in [0.05, 0.1) is 35.1 Å². The van der Waals surface area contributed by atoms with Crippen molar-refractivity contribution in [1.29, 1.82) is 0 Å². The summed E-state index contributed by atoms with van der Waals surface area (Å²) in [6.07, 6.45) is 1.52. The fraction of sp³-hybridized carbons (Fsp3) is 0.258. The summed E-state index contributed by atoms with van der Waals surface area (Å²) in [5, 5.41) is 0. The van der Waals surface area contributed by atoms with Crippen LogP contribution >= 0.6 is 11.3 Å². The van der Waals surface area contributed by atoms with E-state index in [9.17, 15) is 14.0 Å². The zero-order valence-electron chi connectivity index (χ0n) is 23.2. The number of allylic oxidation sites excluding steroid dienone is 1. The van der Waals surface area contributed by atoms with E-state index in [-0.39, 0.29) is 17.5 Å². The Balaban J connectivity index is 1.67. The van der Waals surface area contributed by atoms with Gasteiger partial charge in [0.1, 0.15) is 11.6 Å². The van der Waals surface area contributed by atoms with Gasteiger partial charge in [-0.3, -0.25) is 9.36 Å². The van der Waals surface area contributed by atoms with Gasteiger partial charge in [0.25, 0.3) is 5.56 Å². The molecule has 0 saturated carbocycles. The molecule has 1 atom stereocenters. The molecule has 0 unspecified atom stereocenters. The zero-order valence-corrected chi connectivity index (χ0v) is 24.0. The first-order valence-electron chi connectivity index (χ1n) is 12.9. The fourth-order valence-corrected chi connectivity index (χ4v) is 6.06. The molecule has 0 fully saturated rings. The lowest BCUT2D eigenvalue weighted by atomic mass is 9.96. The minimum atomic E-state index is -0.706. The number of halogens is 1. The topological polar surface area (TPSA) is 74.8 Å². The van der Waals surface area contributed by atoms with Crippen LogP contribution in [0.5, 0.6) is 5.75 Å². The molecule has 0 N–H and O–H groups in total. The summed E-state index contributed by atoms with van der Waals surface area (Å²) in [5.41, 5.74) is 4.89. The summed E-state index contributed by atoms with van der Waals surface area (Å²) >= 11 is 1.27. The van der Waals surface area contributed by atoms with E-state index in [0.29, 0.717) is 26.4 Å². The third kappa shape index (κ3) is 4.93. The number of methoxy groups -OCH3 is 1. The standard InChI is InChI=1S/C31H30FN3O4S/c1-17(2)39-30(37)27-19(4)33-31-35(28(27)21-7-13-25(38-6)14-8-21)29(36)26(40-31)16-22-15-18(3)34(20(22)5)24-11-9-23(32)10-12-24/h7-17,28H,1-6H3/b26-16-/t28-/m1/s1. The molecule has 1 aliphatic heterocycles. The number of esters is 1. The Morgan fingerprint density at radius 3 is 2.38 bits per heavy atom. The van der Waals surface area contributed by atoms with E-state index < -0.39 is 12.0 Å². The van der Waals surface area contributed by atoms with E-state index in [1.807, 2.05) is 42.7 Å². The number of ether oxygens (including phenoxy) is 2. The van der Waals surface area contributed by atoms with E-state index in [1.54, 1.807) is 56.7 Å². The molecular formula is C31H30FN3O4S. The maximum absolute atomic E-state index is 14.0. The monoisotopic (exact) mass is 559 g/mol. The van der Waals surface area contributed by atoms with Gasteiger partial charge in [0, 0.05) is 17.1 Å². The lowest BCUT2D eigenvalue weighted by Gasteiger charge is -2.25. The number of rotatable bonds is 6. The maximum atomic E-state index is 14.0. The van der Waals surface area contributed by atoms with Crippen LogP contribution in [0.25, 0.3) is 11.8 Å². The molecule has 7 nitrogen and oxygen atoms in total. The summed E-state index contributed by atoms with van der Waals surface area (Å²) in [7, 11) is 1.58. The van der Waals surface area contributed by atoms with Crippen LogP contribution in [0.4, 0.5) is 4.39 Å². The van der Waals surface area contributed by atoms with Gasteiger partial charge >= 0.3 is 5.97 Å². The minimum Gasteiger partial charge on any atom is -0.497 e. The van der Waals surface area contributed by atoms with Crippen LogP contribution in [0.1, 0.15) is 49.3 Å². The largest absolute Gasteiger partial charge is 0.497 e. The fourth-order valence-electron chi connectivity index (χ4n) is 5.02. The SMILES string of the molecule is COc1ccc([C@@H]2C(C(=O)OC(C)C)=C(C)N=c3s/c(=C\c4cc(C)n(-c5ccc(F)cc5)c4C)c(=O)n32)cc1. The lowest BCUT2D eigenvalue weighted by molar-refractivity contribution is -0.143. The highest BCUT2D eigenvalue weighted by molar-refractivity contribution is 7.07. The smallest absolute Gasteiger partial charge is 0.338 e. The van der Waals surface area contributed by atoms with Crippen molar-refractivity contribution in [2.45, 2.75) is 46.8 Å². The van der Waals surface area contributed by atoms with E-state index >= 15 is 0 Å². The molecule has 0 saturated heterocycles. The Labute approximate surface area is 235 Å². The number of thiazole rings is 1. The van der Waals surface area contributed by atoms with Crippen molar-refractivity contribution >= 4 is 23.4 Å². The first-order chi connectivity index (χ1) is 19.1. The Morgan fingerprint density at radius 2 is 1.75 bits per heavy atom. The molecule has 40 heavy (non-hydrogen) atoms. The third-order valence-corrected chi connectivity index (χ3v) is 7.84. The van der Waals surface area contributed by atoms with Crippen LogP contribution in [0.15, 0.2) is 75.7 Å². The highest BCUT2D eigenvalue weighted by atomic mass is 32.1. The van der Waals surface area contributed by atoms with Crippen molar-refractivity contribution in [2.75, 3.05) is 7.11 Å². The van der Waals surface area contributed by atoms with Gasteiger partial charge in [-0.2, -0.15) is 0 Å². The second-order valence-electron chi connectivity index (χ2n) is 9.95. The summed E-state index contributed by atoms with van der Waals surface area (Å²) in [6, 6.07) is 14.9. The van der Waals surface area contributed by atoms with Gasteiger partial charge in [-0.05, 0) is 94.3 Å². The number of nitrogens with zero attached hydrogens (tertiary/aromatic N) is 3. The molecule has 206 valence electrons. The van der Waals surface area contributed by atoms with E-state index in [0.717, 1.165) is 28.2 Å². The molecule has 3 heterocycles. The molecule has 4 aromatic rings. The Hall–Kier alpha value is -4.24. The first-order valence-corrected chi connectivity index (χ1v) is 13.7. The molecule has 0 spiro atoms. The molecule has 0 aliphatic carbocycles. The normalized spacial score (nSPS) is 15.3. The number of fused-ring (bicyclic) bond motifs is 1.